The first-order chi connectivity index (χ1) is 6.83. The maximum absolute atomic E-state index is 9.68. The first-order valence-corrected chi connectivity index (χ1v) is 5.87. The average Bonchev–Trinajstić information content (AvgIpc) is 1.98. The molecule has 1 aliphatic rings. The van der Waals surface area contributed by atoms with Crippen LogP contribution in [0.25, 0.3) is 0 Å². The molecule has 0 aromatic heterocycles. The van der Waals surface area contributed by atoms with E-state index in [2.05, 4.69) is 20.8 Å². The Labute approximate surface area is 93.0 Å². The summed E-state index contributed by atoms with van der Waals surface area (Å²) in [5, 5.41) is 19.0. The van der Waals surface area contributed by atoms with Crippen molar-refractivity contribution in [1.29, 1.82) is 0 Å². The van der Waals surface area contributed by atoms with E-state index in [1.165, 1.54) is 5.57 Å². The Hall–Kier alpha value is -0.340. The summed E-state index contributed by atoms with van der Waals surface area (Å²) >= 11 is 0. The summed E-state index contributed by atoms with van der Waals surface area (Å²) in [6.45, 7) is 8.35. The predicted molar refractivity (Wildman–Crippen MR) is 62.6 cm³/mol. The van der Waals surface area contributed by atoms with Crippen molar-refractivity contribution < 1.29 is 10.2 Å². The van der Waals surface area contributed by atoms with E-state index in [1.807, 2.05) is 13.0 Å². The molecule has 0 aromatic rings. The zero-order valence-corrected chi connectivity index (χ0v) is 10.3. The normalized spacial score (nSPS) is 32.3. The van der Waals surface area contributed by atoms with E-state index in [0.29, 0.717) is 5.92 Å². The molecule has 1 rings (SSSR count). The number of aliphatic hydroxyl groups is 2. The third-order valence-corrected chi connectivity index (χ3v) is 3.56. The van der Waals surface area contributed by atoms with E-state index in [-0.39, 0.29) is 17.6 Å². The van der Waals surface area contributed by atoms with Crippen LogP contribution in [0, 0.1) is 11.3 Å². The molecule has 0 radical (unpaired) electrons. The number of hydrogen-bond acceptors (Lipinski definition) is 2. The number of aliphatic hydroxyl groups excluding tert-OH is 2. The second kappa shape index (κ2) is 4.67. The minimum absolute atomic E-state index is 0.146. The van der Waals surface area contributed by atoms with Gasteiger partial charge in [0.25, 0.3) is 0 Å². The summed E-state index contributed by atoms with van der Waals surface area (Å²) in [6.07, 6.45) is 4.14. The minimum Gasteiger partial charge on any atom is -0.393 e. The highest BCUT2D eigenvalue weighted by atomic mass is 16.3. The fourth-order valence-corrected chi connectivity index (χ4v) is 2.80. The van der Waals surface area contributed by atoms with Crippen molar-refractivity contribution in [3.05, 3.63) is 11.6 Å². The van der Waals surface area contributed by atoms with Crippen LogP contribution in [0.5, 0.6) is 0 Å². The molecule has 2 heteroatoms. The Morgan fingerprint density at radius 3 is 2.60 bits per heavy atom. The van der Waals surface area contributed by atoms with E-state index < -0.39 is 0 Å². The lowest BCUT2D eigenvalue weighted by atomic mass is 9.66. The predicted octanol–water partition coefficient (Wildman–Crippen LogP) is 2.50. The maximum atomic E-state index is 9.68. The molecule has 3 atom stereocenters. The summed E-state index contributed by atoms with van der Waals surface area (Å²) < 4.78 is 0. The molecule has 2 N–H and O–H groups in total. The number of hydrogen-bond donors (Lipinski definition) is 2. The summed E-state index contributed by atoms with van der Waals surface area (Å²) in [5.41, 5.74) is 1.42. The van der Waals surface area contributed by atoms with Crippen LogP contribution in [0.15, 0.2) is 11.6 Å². The van der Waals surface area contributed by atoms with E-state index in [1.54, 1.807) is 0 Å². The van der Waals surface area contributed by atoms with Crippen molar-refractivity contribution in [2.75, 3.05) is 0 Å². The molecule has 0 amide bonds. The number of rotatable bonds is 3. The fraction of sp³-hybridized carbons (Fsp3) is 0.846. The molecule has 0 unspecified atom stereocenters. The quantitative estimate of drug-likeness (QED) is 0.706. The van der Waals surface area contributed by atoms with Crippen LogP contribution >= 0.6 is 0 Å². The molecule has 0 bridgehead atoms. The molecule has 15 heavy (non-hydrogen) atoms. The number of allylic oxidation sites excluding steroid dienone is 1. The lowest BCUT2D eigenvalue weighted by molar-refractivity contribution is 0.0878. The summed E-state index contributed by atoms with van der Waals surface area (Å²) in [5.74, 6) is 0.496. The molecule has 0 fully saturated rings. The Bertz CT molecular complexity index is 241. The van der Waals surface area contributed by atoms with Gasteiger partial charge in [-0.05, 0) is 44.4 Å². The van der Waals surface area contributed by atoms with Crippen LogP contribution in [0.2, 0.25) is 0 Å². The zero-order valence-electron chi connectivity index (χ0n) is 10.3. The summed E-state index contributed by atoms with van der Waals surface area (Å²) in [6, 6.07) is 0. The van der Waals surface area contributed by atoms with E-state index >= 15 is 0 Å². The molecule has 0 saturated carbocycles. The minimum atomic E-state index is -0.289. The van der Waals surface area contributed by atoms with Gasteiger partial charge in [-0.25, -0.2) is 0 Å². The van der Waals surface area contributed by atoms with Crippen LogP contribution in [-0.4, -0.2) is 22.4 Å². The third-order valence-electron chi connectivity index (χ3n) is 3.56. The van der Waals surface area contributed by atoms with Gasteiger partial charge in [-0.15, -0.1) is 0 Å². The lowest BCUT2D eigenvalue weighted by Crippen LogP contribution is -2.34. The molecular weight excluding hydrogens is 188 g/mol. The van der Waals surface area contributed by atoms with Gasteiger partial charge in [0.15, 0.2) is 0 Å². The van der Waals surface area contributed by atoms with Gasteiger partial charge < -0.3 is 10.2 Å². The first kappa shape index (κ1) is 12.7. The fourth-order valence-electron chi connectivity index (χ4n) is 2.80. The van der Waals surface area contributed by atoms with Crippen LogP contribution < -0.4 is 0 Å². The highest BCUT2D eigenvalue weighted by Crippen LogP contribution is 2.43. The van der Waals surface area contributed by atoms with Crippen molar-refractivity contribution in [3.63, 3.8) is 0 Å². The van der Waals surface area contributed by atoms with Crippen molar-refractivity contribution in [2.45, 2.75) is 59.2 Å². The Kier molecular flexibility index (Phi) is 3.96. The van der Waals surface area contributed by atoms with Gasteiger partial charge in [-0.1, -0.05) is 25.5 Å². The topological polar surface area (TPSA) is 40.5 Å². The average molecular weight is 212 g/mol. The second-order valence-electron chi connectivity index (χ2n) is 5.65. The molecule has 0 aliphatic heterocycles. The van der Waals surface area contributed by atoms with Crippen molar-refractivity contribution in [3.8, 4) is 0 Å². The molecule has 2 nitrogen and oxygen atoms in total. The largest absolute Gasteiger partial charge is 0.393 e. The van der Waals surface area contributed by atoms with Crippen LogP contribution in [0.1, 0.15) is 47.0 Å². The SMILES string of the molecule is CC1=C[C@@H](O)CC(C)(C)[C@H]1CC[C@@H](C)O. The van der Waals surface area contributed by atoms with Crippen LogP contribution in [0.3, 0.4) is 0 Å². The lowest BCUT2D eigenvalue weighted by Gasteiger charge is -2.40. The second-order valence-corrected chi connectivity index (χ2v) is 5.65. The van der Waals surface area contributed by atoms with Gasteiger partial charge >= 0.3 is 0 Å². The standard InChI is InChI=1S/C13H24O2/c1-9-7-11(15)8-13(3,4)12(9)6-5-10(2)14/h7,10-12,14-15H,5-6,8H2,1-4H3/t10-,11-,12+/m1/s1. The Morgan fingerprint density at radius 1 is 1.53 bits per heavy atom. The maximum Gasteiger partial charge on any atom is 0.0728 e. The first-order valence-electron chi connectivity index (χ1n) is 5.87. The van der Waals surface area contributed by atoms with E-state index in [9.17, 15) is 10.2 Å². The van der Waals surface area contributed by atoms with E-state index in [0.717, 1.165) is 19.3 Å². The molecule has 1 aliphatic carbocycles. The molecule has 0 spiro atoms. The monoisotopic (exact) mass is 212 g/mol. The van der Waals surface area contributed by atoms with Gasteiger partial charge in [0, 0.05) is 0 Å². The highest BCUT2D eigenvalue weighted by molar-refractivity contribution is 5.15. The summed E-state index contributed by atoms with van der Waals surface area (Å²) in [7, 11) is 0. The third kappa shape index (κ3) is 3.32. The molecule has 88 valence electrons. The Balaban J connectivity index is 2.71. The van der Waals surface area contributed by atoms with Crippen molar-refractivity contribution in [1.82, 2.24) is 0 Å². The van der Waals surface area contributed by atoms with Crippen molar-refractivity contribution >= 4 is 0 Å². The van der Waals surface area contributed by atoms with Crippen molar-refractivity contribution in [2.24, 2.45) is 11.3 Å². The Morgan fingerprint density at radius 2 is 2.13 bits per heavy atom. The molecular formula is C13H24O2. The highest BCUT2D eigenvalue weighted by Gasteiger charge is 2.35. The van der Waals surface area contributed by atoms with Crippen LogP contribution in [0.4, 0.5) is 0 Å². The van der Waals surface area contributed by atoms with Gasteiger partial charge in [0.05, 0.1) is 12.2 Å². The van der Waals surface area contributed by atoms with Gasteiger partial charge in [-0.2, -0.15) is 0 Å². The molecule has 0 saturated heterocycles. The summed E-state index contributed by atoms with van der Waals surface area (Å²) in [4.78, 5) is 0. The van der Waals surface area contributed by atoms with Gasteiger partial charge in [-0.3, -0.25) is 0 Å². The zero-order chi connectivity index (χ0) is 11.6. The van der Waals surface area contributed by atoms with Crippen LogP contribution in [-0.2, 0) is 0 Å². The molecule has 0 heterocycles. The van der Waals surface area contributed by atoms with Gasteiger partial charge in [0.2, 0.25) is 0 Å². The smallest absolute Gasteiger partial charge is 0.0728 e. The van der Waals surface area contributed by atoms with Gasteiger partial charge in [0.1, 0.15) is 0 Å². The van der Waals surface area contributed by atoms with E-state index in [4.69, 9.17) is 0 Å². The molecule has 0 aromatic carbocycles.